The summed E-state index contributed by atoms with van der Waals surface area (Å²) in [4.78, 5) is 38.4. The maximum Gasteiger partial charge on any atom is 0.391 e. The van der Waals surface area contributed by atoms with Crippen LogP contribution in [0.15, 0.2) is 24.3 Å². The molecule has 1 aromatic carbocycles. The highest BCUT2D eigenvalue weighted by atomic mass is 19.4. The number of nitrogens with one attached hydrogen (secondary N) is 3. The fourth-order valence-corrected chi connectivity index (χ4v) is 4.51. The Bertz CT molecular complexity index is 921. The molecule has 1 saturated heterocycles. The minimum atomic E-state index is -4.27. The van der Waals surface area contributed by atoms with Crippen LogP contribution >= 0.6 is 0 Å². The molecule has 3 atom stereocenters. The predicted molar refractivity (Wildman–Crippen MR) is 116 cm³/mol. The number of hydrogen-bond donors (Lipinski definition) is 4. The van der Waals surface area contributed by atoms with E-state index in [0.29, 0.717) is 37.9 Å². The van der Waals surface area contributed by atoms with Crippen molar-refractivity contribution in [3.05, 3.63) is 29.8 Å². The highest BCUT2D eigenvalue weighted by molar-refractivity contribution is 6.44. The average molecular weight is 467 g/mol. The Balaban J connectivity index is 1.59. The van der Waals surface area contributed by atoms with Crippen molar-refractivity contribution in [2.24, 2.45) is 11.7 Å². The van der Waals surface area contributed by atoms with Gasteiger partial charge in [0.2, 0.25) is 11.8 Å². The first-order chi connectivity index (χ1) is 15.6. The molecule has 3 amide bonds. The van der Waals surface area contributed by atoms with Gasteiger partial charge in [-0.3, -0.25) is 19.8 Å². The number of halogens is 3. The third-order valence-corrected chi connectivity index (χ3v) is 6.23. The molecule has 1 saturated carbocycles. The Morgan fingerprint density at radius 3 is 2.55 bits per heavy atom. The van der Waals surface area contributed by atoms with Crippen LogP contribution < -0.4 is 16.4 Å². The molecule has 0 spiro atoms. The van der Waals surface area contributed by atoms with Gasteiger partial charge in [-0.25, -0.2) is 0 Å². The number of carbonyl (C=O) groups excluding carboxylic acids is 3. The van der Waals surface area contributed by atoms with E-state index in [4.69, 9.17) is 11.1 Å². The molecule has 0 radical (unpaired) electrons. The molecule has 0 aromatic heterocycles. The smallest absolute Gasteiger partial charge is 0.376 e. The number of carbonyl (C=O) groups is 3. The van der Waals surface area contributed by atoms with Gasteiger partial charge in [0, 0.05) is 23.8 Å². The van der Waals surface area contributed by atoms with Crippen LogP contribution in [0.4, 0.5) is 18.9 Å². The van der Waals surface area contributed by atoms with E-state index in [1.807, 2.05) is 0 Å². The van der Waals surface area contributed by atoms with Gasteiger partial charge in [0.1, 0.15) is 11.8 Å². The SMILES string of the molecule is N=C(C(N)=O)c1ccccc1NCC(=O)N1CCC[C@H]1C(=O)N[C@@H]1CCC[C@H](C(F)(F)F)C1. The van der Waals surface area contributed by atoms with Gasteiger partial charge in [-0.1, -0.05) is 24.6 Å². The zero-order valence-corrected chi connectivity index (χ0v) is 18.1. The lowest BCUT2D eigenvalue weighted by molar-refractivity contribution is -0.184. The number of anilines is 1. The minimum Gasteiger partial charge on any atom is -0.376 e. The quantitative estimate of drug-likeness (QED) is 0.458. The summed E-state index contributed by atoms with van der Waals surface area (Å²) in [5, 5.41) is 13.4. The molecule has 33 heavy (non-hydrogen) atoms. The van der Waals surface area contributed by atoms with Crippen molar-refractivity contribution in [3.8, 4) is 0 Å². The Kier molecular flexibility index (Phi) is 7.60. The van der Waals surface area contributed by atoms with E-state index in [1.165, 1.54) is 11.0 Å². The zero-order valence-electron chi connectivity index (χ0n) is 18.1. The molecule has 1 aromatic rings. The van der Waals surface area contributed by atoms with Crippen molar-refractivity contribution < 1.29 is 27.6 Å². The fourth-order valence-electron chi connectivity index (χ4n) is 4.51. The third-order valence-electron chi connectivity index (χ3n) is 6.23. The summed E-state index contributed by atoms with van der Waals surface area (Å²) >= 11 is 0. The van der Waals surface area contributed by atoms with Gasteiger partial charge in [0.05, 0.1) is 12.5 Å². The molecule has 3 rings (SSSR count). The standard InChI is InChI=1S/C22H28F3N5O3/c23-22(24,25)13-5-3-6-14(11-13)29-21(33)17-9-4-10-30(17)18(31)12-28-16-8-2-1-7-15(16)19(26)20(27)32/h1-2,7-8,13-14,17,26,28H,3-6,9-12H2,(H2,27,32)(H,29,33)/t13-,14+,17-/m0/s1. The fraction of sp³-hybridized carbons (Fsp3) is 0.545. The second kappa shape index (κ2) is 10.2. The molecule has 5 N–H and O–H groups in total. The number of nitrogens with two attached hydrogens (primary N) is 1. The number of alkyl halides is 3. The maximum absolute atomic E-state index is 13.1. The largest absolute Gasteiger partial charge is 0.391 e. The monoisotopic (exact) mass is 467 g/mol. The number of nitrogens with zero attached hydrogens (tertiary/aromatic N) is 1. The predicted octanol–water partition coefficient (Wildman–Crippen LogP) is 2.18. The number of amides is 3. The van der Waals surface area contributed by atoms with Gasteiger partial charge in [0.25, 0.3) is 5.91 Å². The second-order valence-electron chi connectivity index (χ2n) is 8.49. The van der Waals surface area contributed by atoms with E-state index in [0.717, 1.165) is 0 Å². The summed E-state index contributed by atoms with van der Waals surface area (Å²) in [5.74, 6) is -3.10. The molecular formula is C22H28F3N5O3. The summed E-state index contributed by atoms with van der Waals surface area (Å²) in [7, 11) is 0. The molecule has 2 fully saturated rings. The molecule has 1 aliphatic carbocycles. The third kappa shape index (κ3) is 6.02. The summed E-state index contributed by atoms with van der Waals surface area (Å²) in [5.41, 5.74) is 5.42. The van der Waals surface area contributed by atoms with E-state index in [2.05, 4.69) is 10.6 Å². The first-order valence-electron chi connectivity index (χ1n) is 11.0. The van der Waals surface area contributed by atoms with Gasteiger partial charge < -0.3 is 21.3 Å². The molecule has 0 bridgehead atoms. The molecule has 1 heterocycles. The highest BCUT2D eigenvalue weighted by Gasteiger charge is 2.43. The molecule has 2 aliphatic rings. The number of benzene rings is 1. The highest BCUT2D eigenvalue weighted by Crippen LogP contribution is 2.37. The molecule has 1 aliphatic heterocycles. The van der Waals surface area contributed by atoms with Crippen LogP contribution in [0.2, 0.25) is 0 Å². The van der Waals surface area contributed by atoms with Crippen LogP contribution in [0, 0.1) is 11.3 Å². The van der Waals surface area contributed by atoms with Crippen molar-refractivity contribution >= 4 is 29.1 Å². The number of primary amides is 1. The van der Waals surface area contributed by atoms with Crippen LogP contribution in [0.25, 0.3) is 0 Å². The van der Waals surface area contributed by atoms with Gasteiger partial charge in [-0.05, 0) is 38.2 Å². The molecule has 180 valence electrons. The van der Waals surface area contributed by atoms with Crippen molar-refractivity contribution in [1.82, 2.24) is 10.2 Å². The maximum atomic E-state index is 13.1. The average Bonchev–Trinajstić information content (AvgIpc) is 3.27. The minimum absolute atomic E-state index is 0.0737. The van der Waals surface area contributed by atoms with Crippen molar-refractivity contribution in [2.75, 3.05) is 18.4 Å². The van der Waals surface area contributed by atoms with Crippen LogP contribution in [0.3, 0.4) is 0 Å². The van der Waals surface area contributed by atoms with Crippen LogP contribution in [-0.2, 0) is 14.4 Å². The van der Waals surface area contributed by atoms with Crippen LogP contribution in [0.1, 0.15) is 44.1 Å². The summed E-state index contributed by atoms with van der Waals surface area (Å²) in [6.45, 7) is 0.194. The Labute approximate surface area is 189 Å². The van der Waals surface area contributed by atoms with E-state index >= 15 is 0 Å². The Hall–Kier alpha value is -3.11. The van der Waals surface area contributed by atoms with E-state index < -0.39 is 41.7 Å². The number of likely N-dealkylation sites (tertiary alicyclic amines) is 1. The molecule has 8 nitrogen and oxygen atoms in total. The van der Waals surface area contributed by atoms with Crippen LogP contribution in [-0.4, -0.2) is 59.7 Å². The van der Waals surface area contributed by atoms with E-state index in [9.17, 15) is 27.6 Å². The number of para-hydroxylation sites is 1. The lowest BCUT2D eigenvalue weighted by Gasteiger charge is -2.32. The van der Waals surface area contributed by atoms with Crippen molar-refractivity contribution in [3.63, 3.8) is 0 Å². The lowest BCUT2D eigenvalue weighted by Crippen LogP contribution is -2.51. The number of rotatable bonds is 7. The van der Waals surface area contributed by atoms with Gasteiger partial charge in [0.15, 0.2) is 0 Å². The van der Waals surface area contributed by atoms with E-state index in [1.54, 1.807) is 18.2 Å². The molecule has 0 unspecified atom stereocenters. The summed E-state index contributed by atoms with van der Waals surface area (Å²) in [6, 6.07) is 5.16. The van der Waals surface area contributed by atoms with Crippen LogP contribution in [0.5, 0.6) is 0 Å². The first-order valence-corrected chi connectivity index (χ1v) is 11.0. The van der Waals surface area contributed by atoms with Gasteiger partial charge in [-0.15, -0.1) is 0 Å². The van der Waals surface area contributed by atoms with Gasteiger partial charge in [-0.2, -0.15) is 13.2 Å². The normalized spacial score (nSPS) is 23.1. The second-order valence-corrected chi connectivity index (χ2v) is 8.49. The molecular weight excluding hydrogens is 439 g/mol. The van der Waals surface area contributed by atoms with E-state index in [-0.39, 0.29) is 30.9 Å². The molecule has 11 heteroatoms. The lowest BCUT2D eigenvalue weighted by atomic mass is 9.85. The Morgan fingerprint density at radius 1 is 1.12 bits per heavy atom. The number of hydrogen-bond acceptors (Lipinski definition) is 5. The summed E-state index contributed by atoms with van der Waals surface area (Å²) in [6.07, 6.45) is -2.40. The van der Waals surface area contributed by atoms with Crippen molar-refractivity contribution in [1.29, 1.82) is 5.41 Å². The first kappa shape index (κ1) is 24.5. The summed E-state index contributed by atoms with van der Waals surface area (Å²) < 4.78 is 39.2. The topological polar surface area (TPSA) is 128 Å². The van der Waals surface area contributed by atoms with Crippen molar-refractivity contribution in [2.45, 2.75) is 56.8 Å². The van der Waals surface area contributed by atoms with Gasteiger partial charge >= 0.3 is 6.18 Å². The Morgan fingerprint density at radius 2 is 1.85 bits per heavy atom. The zero-order chi connectivity index (χ0) is 24.2.